The molecule has 2 aromatic carbocycles. The molecule has 19 heavy (non-hydrogen) atoms. The number of hydrogen-bond donors (Lipinski definition) is 1. The first-order valence-corrected chi connectivity index (χ1v) is 6.27. The summed E-state index contributed by atoms with van der Waals surface area (Å²) >= 11 is 0. The lowest BCUT2D eigenvalue weighted by Gasteiger charge is -2.07. The molecule has 0 aliphatic carbocycles. The molecule has 0 aromatic heterocycles. The fourth-order valence-corrected chi connectivity index (χ4v) is 1.79. The number of amides is 1. The second-order valence-electron chi connectivity index (χ2n) is 4.24. The second kappa shape index (κ2) is 6.05. The van der Waals surface area contributed by atoms with Crippen LogP contribution in [0.1, 0.15) is 22.8 Å². The van der Waals surface area contributed by atoms with Gasteiger partial charge in [-0.1, -0.05) is 25.1 Å². The molecule has 0 bridgehead atoms. The van der Waals surface area contributed by atoms with Gasteiger partial charge in [0.2, 0.25) is 0 Å². The first-order valence-electron chi connectivity index (χ1n) is 6.27. The van der Waals surface area contributed by atoms with Crippen molar-refractivity contribution in [2.45, 2.75) is 13.3 Å². The Balaban J connectivity index is 2.11. The smallest absolute Gasteiger partial charge is 0.255 e. The van der Waals surface area contributed by atoms with E-state index in [1.54, 1.807) is 25.3 Å². The van der Waals surface area contributed by atoms with Crippen LogP contribution in [0, 0.1) is 0 Å². The zero-order valence-electron chi connectivity index (χ0n) is 11.1. The van der Waals surface area contributed by atoms with Gasteiger partial charge >= 0.3 is 0 Å². The first kappa shape index (κ1) is 13.1. The normalized spacial score (nSPS) is 10.0. The number of anilines is 1. The highest BCUT2D eigenvalue weighted by atomic mass is 16.5. The zero-order chi connectivity index (χ0) is 13.7. The maximum atomic E-state index is 12.1. The highest BCUT2D eigenvalue weighted by Crippen LogP contribution is 2.15. The van der Waals surface area contributed by atoms with Crippen molar-refractivity contribution >= 4 is 11.6 Å². The highest BCUT2D eigenvalue weighted by molar-refractivity contribution is 6.04. The van der Waals surface area contributed by atoms with Gasteiger partial charge in [0.1, 0.15) is 5.75 Å². The van der Waals surface area contributed by atoms with E-state index in [0.29, 0.717) is 11.3 Å². The lowest BCUT2D eigenvalue weighted by Crippen LogP contribution is -2.11. The van der Waals surface area contributed by atoms with Crippen LogP contribution in [0.25, 0.3) is 0 Å². The molecular weight excluding hydrogens is 238 g/mol. The van der Waals surface area contributed by atoms with E-state index in [0.717, 1.165) is 12.1 Å². The standard InChI is InChI=1S/C16H17NO2/c1-3-12-7-9-14(10-8-12)17-16(18)13-5-4-6-15(11-13)19-2/h4-11H,3H2,1-2H3,(H,17,18). The average molecular weight is 255 g/mol. The number of carbonyl (C=O) groups is 1. The van der Waals surface area contributed by atoms with Gasteiger partial charge in [0, 0.05) is 11.3 Å². The maximum absolute atomic E-state index is 12.1. The predicted octanol–water partition coefficient (Wildman–Crippen LogP) is 3.51. The Bertz CT molecular complexity index is 561. The van der Waals surface area contributed by atoms with Gasteiger partial charge in [-0.3, -0.25) is 4.79 Å². The molecule has 3 nitrogen and oxygen atoms in total. The Kier molecular flexibility index (Phi) is 4.18. The van der Waals surface area contributed by atoms with E-state index in [9.17, 15) is 4.79 Å². The molecule has 0 spiro atoms. The maximum Gasteiger partial charge on any atom is 0.255 e. The van der Waals surface area contributed by atoms with Crippen LogP contribution in [-0.2, 0) is 6.42 Å². The first-order chi connectivity index (χ1) is 9.22. The molecule has 1 N–H and O–H groups in total. The van der Waals surface area contributed by atoms with Crippen molar-refractivity contribution in [3.05, 3.63) is 59.7 Å². The number of hydrogen-bond acceptors (Lipinski definition) is 2. The van der Waals surface area contributed by atoms with E-state index >= 15 is 0 Å². The minimum atomic E-state index is -0.136. The number of benzene rings is 2. The molecule has 0 aliphatic heterocycles. The lowest BCUT2D eigenvalue weighted by molar-refractivity contribution is 0.102. The number of nitrogens with one attached hydrogen (secondary N) is 1. The summed E-state index contributed by atoms with van der Waals surface area (Å²) < 4.78 is 5.11. The second-order valence-corrected chi connectivity index (χ2v) is 4.24. The third-order valence-corrected chi connectivity index (χ3v) is 2.95. The molecule has 0 fully saturated rings. The summed E-state index contributed by atoms with van der Waals surface area (Å²) in [6, 6.07) is 14.9. The largest absolute Gasteiger partial charge is 0.497 e. The zero-order valence-corrected chi connectivity index (χ0v) is 11.1. The summed E-state index contributed by atoms with van der Waals surface area (Å²) in [6.45, 7) is 2.10. The summed E-state index contributed by atoms with van der Waals surface area (Å²) in [5.41, 5.74) is 2.63. The van der Waals surface area contributed by atoms with E-state index < -0.39 is 0 Å². The SMILES string of the molecule is CCc1ccc(NC(=O)c2cccc(OC)c2)cc1. The number of carbonyl (C=O) groups excluding carboxylic acids is 1. The number of ether oxygens (including phenoxy) is 1. The fourth-order valence-electron chi connectivity index (χ4n) is 1.79. The van der Waals surface area contributed by atoms with Gasteiger partial charge in [0.15, 0.2) is 0 Å². The van der Waals surface area contributed by atoms with Crippen molar-refractivity contribution in [1.82, 2.24) is 0 Å². The number of methoxy groups -OCH3 is 1. The summed E-state index contributed by atoms with van der Waals surface area (Å²) in [4.78, 5) is 12.1. The highest BCUT2D eigenvalue weighted by Gasteiger charge is 2.06. The number of aryl methyl sites for hydroxylation is 1. The van der Waals surface area contributed by atoms with E-state index in [4.69, 9.17) is 4.74 Å². The fraction of sp³-hybridized carbons (Fsp3) is 0.188. The van der Waals surface area contributed by atoms with Crippen LogP contribution in [-0.4, -0.2) is 13.0 Å². The molecule has 98 valence electrons. The van der Waals surface area contributed by atoms with E-state index in [2.05, 4.69) is 12.2 Å². The Morgan fingerprint density at radius 3 is 2.53 bits per heavy atom. The Morgan fingerprint density at radius 2 is 1.89 bits per heavy atom. The van der Waals surface area contributed by atoms with Crippen molar-refractivity contribution in [2.24, 2.45) is 0 Å². The van der Waals surface area contributed by atoms with Gasteiger partial charge in [-0.2, -0.15) is 0 Å². The molecule has 2 aromatic rings. The van der Waals surface area contributed by atoms with Crippen molar-refractivity contribution in [2.75, 3.05) is 12.4 Å². The summed E-state index contributed by atoms with van der Waals surface area (Å²) in [7, 11) is 1.58. The van der Waals surface area contributed by atoms with Crippen LogP contribution in [0.4, 0.5) is 5.69 Å². The molecule has 0 atom stereocenters. The molecule has 0 aliphatic rings. The van der Waals surface area contributed by atoms with Gasteiger partial charge in [0.25, 0.3) is 5.91 Å². The van der Waals surface area contributed by atoms with E-state index in [-0.39, 0.29) is 5.91 Å². The summed E-state index contributed by atoms with van der Waals surface area (Å²) in [6.07, 6.45) is 0.990. The molecular formula is C16H17NO2. The molecule has 0 saturated carbocycles. The average Bonchev–Trinajstić information content (AvgIpc) is 2.48. The minimum absolute atomic E-state index is 0.136. The van der Waals surface area contributed by atoms with Crippen LogP contribution < -0.4 is 10.1 Å². The van der Waals surface area contributed by atoms with Crippen molar-refractivity contribution in [1.29, 1.82) is 0 Å². The molecule has 0 heterocycles. The van der Waals surface area contributed by atoms with Crippen LogP contribution in [0.5, 0.6) is 5.75 Å². The molecule has 3 heteroatoms. The van der Waals surface area contributed by atoms with Gasteiger partial charge in [0.05, 0.1) is 7.11 Å². The number of rotatable bonds is 4. The van der Waals surface area contributed by atoms with Crippen LogP contribution >= 0.6 is 0 Å². The van der Waals surface area contributed by atoms with Crippen molar-refractivity contribution in [3.63, 3.8) is 0 Å². The Morgan fingerprint density at radius 1 is 1.16 bits per heavy atom. The summed E-state index contributed by atoms with van der Waals surface area (Å²) in [5, 5.41) is 2.87. The molecule has 1 amide bonds. The summed E-state index contributed by atoms with van der Waals surface area (Å²) in [5.74, 6) is 0.539. The monoisotopic (exact) mass is 255 g/mol. The van der Waals surface area contributed by atoms with Gasteiger partial charge < -0.3 is 10.1 Å². The lowest BCUT2D eigenvalue weighted by atomic mass is 10.1. The molecule has 2 rings (SSSR count). The molecule has 0 radical (unpaired) electrons. The molecule has 0 unspecified atom stereocenters. The molecule has 0 saturated heterocycles. The van der Waals surface area contributed by atoms with Crippen molar-refractivity contribution in [3.8, 4) is 5.75 Å². The predicted molar refractivity (Wildman–Crippen MR) is 76.8 cm³/mol. The van der Waals surface area contributed by atoms with Crippen LogP contribution in [0.15, 0.2) is 48.5 Å². The Labute approximate surface area is 113 Å². The third-order valence-electron chi connectivity index (χ3n) is 2.95. The van der Waals surface area contributed by atoms with Gasteiger partial charge in [-0.25, -0.2) is 0 Å². The Hall–Kier alpha value is -2.29. The topological polar surface area (TPSA) is 38.3 Å². The third kappa shape index (κ3) is 3.35. The van der Waals surface area contributed by atoms with Gasteiger partial charge in [-0.05, 0) is 42.3 Å². The minimum Gasteiger partial charge on any atom is -0.497 e. The van der Waals surface area contributed by atoms with Crippen LogP contribution in [0.3, 0.4) is 0 Å². The quantitative estimate of drug-likeness (QED) is 0.908. The van der Waals surface area contributed by atoms with E-state index in [1.807, 2.05) is 30.3 Å². The van der Waals surface area contributed by atoms with Crippen molar-refractivity contribution < 1.29 is 9.53 Å². The van der Waals surface area contributed by atoms with Gasteiger partial charge in [-0.15, -0.1) is 0 Å². The van der Waals surface area contributed by atoms with Crippen LogP contribution in [0.2, 0.25) is 0 Å². The van der Waals surface area contributed by atoms with E-state index in [1.165, 1.54) is 5.56 Å².